The zero-order chi connectivity index (χ0) is 17.0. The Bertz CT molecular complexity index is 742. The van der Waals surface area contributed by atoms with Crippen molar-refractivity contribution in [2.75, 3.05) is 11.9 Å². The number of phenols is 1. The Balaban J connectivity index is 2.18. The van der Waals surface area contributed by atoms with Gasteiger partial charge in [0.1, 0.15) is 5.75 Å². The maximum absolute atomic E-state index is 12.1. The number of hydrogen-bond donors (Lipinski definition) is 1. The Labute approximate surface area is 147 Å². The second-order valence-electron chi connectivity index (χ2n) is 4.61. The number of allylic oxidation sites excluding steroid dienone is 1. The highest BCUT2D eigenvalue weighted by Gasteiger charge is 2.21. The van der Waals surface area contributed by atoms with Crippen molar-refractivity contribution in [3.8, 4) is 5.75 Å². The molecule has 1 amide bonds. The zero-order valence-corrected chi connectivity index (χ0v) is 14.4. The van der Waals surface area contributed by atoms with Crippen LogP contribution in [0, 0.1) is 0 Å². The lowest BCUT2D eigenvalue weighted by molar-refractivity contribution is -0.116. The fourth-order valence-corrected chi connectivity index (χ4v) is 2.78. The summed E-state index contributed by atoms with van der Waals surface area (Å²) in [7, 11) is 1.44. The van der Waals surface area contributed by atoms with Crippen LogP contribution >= 0.6 is 34.5 Å². The molecule has 1 N–H and O–H groups in total. The van der Waals surface area contributed by atoms with Crippen LogP contribution in [0.3, 0.4) is 0 Å². The molecule has 1 aromatic carbocycles. The summed E-state index contributed by atoms with van der Waals surface area (Å²) in [6, 6.07) is 8.08. The molecule has 2 aromatic rings. The Hall–Kier alpha value is -1.82. The van der Waals surface area contributed by atoms with Gasteiger partial charge in [-0.1, -0.05) is 29.3 Å². The molecule has 1 aromatic heterocycles. The van der Waals surface area contributed by atoms with Gasteiger partial charge < -0.3 is 10.0 Å². The van der Waals surface area contributed by atoms with E-state index in [0.29, 0.717) is 5.56 Å². The molecule has 2 rings (SSSR count). The number of phenolic OH excluding ortho intramolecular Hbond substituents is 1. The van der Waals surface area contributed by atoms with Crippen LogP contribution in [0.25, 0.3) is 6.08 Å². The number of rotatable bonds is 5. The smallest absolute Gasteiger partial charge is 0.260 e. The topological polar surface area (TPSA) is 57.6 Å². The van der Waals surface area contributed by atoms with Crippen molar-refractivity contribution in [1.82, 2.24) is 0 Å². The van der Waals surface area contributed by atoms with E-state index in [4.69, 9.17) is 23.2 Å². The lowest BCUT2D eigenvalue weighted by Crippen LogP contribution is -2.31. The van der Waals surface area contributed by atoms with Crippen molar-refractivity contribution in [1.29, 1.82) is 0 Å². The van der Waals surface area contributed by atoms with Gasteiger partial charge in [-0.15, -0.1) is 11.3 Å². The highest BCUT2D eigenvalue weighted by atomic mass is 35.5. The Morgan fingerprint density at radius 2 is 2.04 bits per heavy atom. The minimum absolute atomic E-state index is 0.204. The lowest BCUT2D eigenvalue weighted by atomic mass is 10.1. The number of anilines is 1. The first-order valence-corrected chi connectivity index (χ1v) is 8.30. The number of hydrogen-bond acceptors (Lipinski definition) is 4. The minimum atomic E-state index is -1.23. The fraction of sp³-hybridized carbons (Fsp3) is 0.125. The van der Waals surface area contributed by atoms with Gasteiger partial charge in [0.25, 0.3) is 5.91 Å². The van der Waals surface area contributed by atoms with E-state index in [1.54, 1.807) is 6.08 Å². The maximum atomic E-state index is 12.1. The molecular weight excluding hydrogens is 357 g/mol. The van der Waals surface area contributed by atoms with Gasteiger partial charge >= 0.3 is 0 Å². The monoisotopic (exact) mass is 369 g/mol. The summed E-state index contributed by atoms with van der Waals surface area (Å²) in [5.74, 6) is -1.02. The lowest BCUT2D eigenvalue weighted by Gasteiger charge is -2.19. The van der Waals surface area contributed by atoms with Gasteiger partial charge in [0.15, 0.2) is 10.6 Å². The summed E-state index contributed by atoms with van der Waals surface area (Å²) >= 11 is 12.6. The van der Waals surface area contributed by atoms with Crippen molar-refractivity contribution in [3.05, 3.63) is 52.2 Å². The molecule has 120 valence electrons. The molecule has 0 aliphatic rings. The van der Waals surface area contributed by atoms with E-state index in [-0.39, 0.29) is 17.2 Å². The molecule has 0 fully saturated rings. The van der Waals surface area contributed by atoms with Crippen molar-refractivity contribution in [2.24, 2.45) is 0 Å². The number of thiophene rings is 1. The van der Waals surface area contributed by atoms with Crippen LogP contribution in [0.5, 0.6) is 5.75 Å². The number of amides is 1. The maximum Gasteiger partial charge on any atom is 0.260 e. The van der Waals surface area contributed by atoms with Crippen LogP contribution in [0.4, 0.5) is 5.69 Å². The third kappa shape index (κ3) is 4.34. The number of alkyl halides is 2. The van der Waals surface area contributed by atoms with Crippen molar-refractivity contribution in [3.63, 3.8) is 0 Å². The van der Waals surface area contributed by atoms with Gasteiger partial charge in [0, 0.05) is 17.5 Å². The summed E-state index contributed by atoms with van der Waals surface area (Å²) in [4.78, 5) is 24.7. The van der Waals surface area contributed by atoms with Crippen LogP contribution in [0.2, 0.25) is 0 Å². The first-order valence-electron chi connectivity index (χ1n) is 6.55. The molecular formula is C16H13Cl2NO3S. The highest BCUT2D eigenvalue weighted by molar-refractivity contribution is 7.10. The van der Waals surface area contributed by atoms with Gasteiger partial charge in [-0.05, 0) is 41.8 Å². The first-order chi connectivity index (χ1) is 10.9. The SMILES string of the molecule is CN(C(=O)C(Cl)Cl)c1ccc(C(=O)/C=C/c2cccs2)cc1O. The number of halogens is 2. The average molecular weight is 370 g/mol. The first kappa shape index (κ1) is 17.5. The molecule has 0 atom stereocenters. The number of ketones is 1. The predicted octanol–water partition coefficient (Wildman–Crippen LogP) is 4.12. The van der Waals surface area contributed by atoms with Gasteiger partial charge in [-0.25, -0.2) is 0 Å². The zero-order valence-electron chi connectivity index (χ0n) is 12.1. The molecule has 0 bridgehead atoms. The molecule has 0 saturated heterocycles. The predicted molar refractivity (Wildman–Crippen MR) is 94.7 cm³/mol. The standard InChI is InChI=1S/C16H13Cl2NO3S/c1-19(16(22)15(17)18)12-6-4-10(9-14(12)21)13(20)7-5-11-3-2-8-23-11/h2-9,15,21H,1H3/b7-5+. The highest BCUT2D eigenvalue weighted by Crippen LogP contribution is 2.29. The second kappa shape index (κ2) is 7.64. The van der Waals surface area contributed by atoms with E-state index in [2.05, 4.69) is 0 Å². The van der Waals surface area contributed by atoms with E-state index >= 15 is 0 Å². The minimum Gasteiger partial charge on any atom is -0.506 e. The molecule has 0 unspecified atom stereocenters. The number of nitrogens with zero attached hydrogens (tertiary/aromatic N) is 1. The fourth-order valence-electron chi connectivity index (χ4n) is 1.87. The van der Waals surface area contributed by atoms with Gasteiger partial charge in [0.2, 0.25) is 0 Å². The van der Waals surface area contributed by atoms with Crippen LogP contribution in [0.1, 0.15) is 15.2 Å². The molecule has 7 heteroatoms. The molecule has 23 heavy (non-hydrogen) atoms. The van der Waals surface area contributed by atoms with Crippen molar-refractivity contribution in [2.45, 2.75) is 4.84 Å². The van der Waals surface area contributed by atoms with E-state index in [1.807, 2.05) is 17.5 Å². The Morgan fingerprint density at radius 3 is 2.61 bits per heavy atom. The third-order valence-corrected chi connectivity index (χ3v) is 4.29. The van der Waals surface area contributed by atoms with Crippen molar-refractivity contribution < 1.29 is 14.7 Å². The van der Waals surface area contributed by atoms with E-state index in [9.17, 15) is 14.7 Å². The van der Waals surface area contributed by atoms with Crippen LogP contribution in [-0.2, 0) is 4.79 Å². The molecule has 4 nitrogen and oxygen atoms in total. The molecule has 0 saturated carbocycles. The molecule has 0 aliphatic heterocycles. The van der Waals surface area contributed by atoms with Gasteiger partial charge in [-0.3, -0.25) is 9.59 Å². The number of carbonyl (C=O) groups is 2. The molecule has 0 radical (unpaired) electrons. The van der Waals surface area contributed by atoms with E-state index in [1.165, 1.54) is 42.7 Å². The number of aromatic hydroxyl groups is 1. The Kier molecular flexibility index (Phi) is 5.82. The Morgan fingerprint density at radius 1 is 1.30 bits per heavy atom. The van der Waals surface area contributed by atoms with Gasteiger partial charge in [-0.2, -0.15) is 0 Å². The van der Waals surface area contributed by atoms with Crippen LogP contribution in [0.15, 0.2) is 41.8 Å². The molecule has 0 aliphatic carbocycles. The summed E-state index contributed by atoms with van der Waals surface area (Å²) in [5.41, 5.74) is 0.535. The third-order valence-electron chi connectivity index (χ3n) is 3.08. The van der Waals surface area contributed by atoms with Crippen molar-refractivity contribution >= 4 is 58.0 Å². The van der Waals surface area contributed by atoms with Crippen LogP contribution in [-0.4, -0.2) is 28.7 Å². The van der Waals surface area contributed by atoms with Crippen LogP contribution < -0.4 is 4.90 Å². The summed E-state index contributed by atoms with van der Waals surface area (Å²) in [6.07, 6.45) is 3.14. The quantitative estimate of drug-likeness (QED) is 0.489. The number of carbonyl (C=O) groups excluding carboxylic acids is 2. The summed E-state index contributed by atoms with van der Waals surface area (Å²) < 4.78 is 0. The average Bonchev–Trinajstić information content (AvgIpc) is 3.04. The summed E-state index contributed by atoms with van der Waals surface area (Å²) in [6.45, 7) is 0. The second-order valence-corrected chi connectivity index (χ2v) is 6.69. The van der Waals surface area contributed by atoms with E-state index < -0.39 is 10.7 Å². The normalized spacial score (nSPS) is 11.1. The largest absolute Gasteiger partial charge is 0.506 e. The number of benzene rings is 1. The summed E-state index contributed by atoms with van der Waals surface area (Å²) in [5, 5.41) is 12.0. The van der Waals surface area contributed by atoms with E-state index in [0.717, 1.165) is 9.78 Å². The molecule has 1 heterocycles. The van der Waals surface area contributed by atoms with Gasteiger partial charge in [0.05, 0.1) is 5.69 Å². The molecule has 0 spiro atoms.